The molecule has 142 valence electrons. The number of hydrogen-bond acceptors (Lipinski definition) is 4. The van der Waals surface area contributed by atoms with Gasteiger partial charge < -0.3 is 9.47 Å². The summed E-state index contributed by atoms with van der Waals surface area (Å²) in [6, 6.07) is 6.54. The maximum absolute atomic E-state index is 12.5. The van der Waals surface area contributed by atoms with Crippen LogP contribution >= 0.6 is 0 Å². The summed E-state index contributed by atoms with van der Waals surface area (Å²) in [6.45, 7) is 2.36. The molecule has 4 nitrogen and oxygen atoms in total. The molecule has 26 heavy (non-hydrogen) atoms. The van der Waals surface area contributed by atoms with Crippen molar-refractivity contribution in [3.63, 3.8) is 0 Å². The Morgan fingerprint density at radius 2 is 1.38 bits per heavy atom. The molecule has 0 bridgehead atoms. The second kappa shape index (κ2) is 8.70. The summed E-state index contributed by atoms with van der Waals surface area (Å²) >= 11 is 0. The van der Waals surface area contributed by atoms with Crippen LogP contribution < -0.4 is 4.74 Å². The molecule has 0 aromatic heterocycles. The lowest BCUT2D eigenvalue weighted by Gasteiger charge is -2.36. The molecule has 2 fully saturated rings. The van der Waals surface area contributed by atoms with E-state index in [0.29, 0.717) is 11.3 Å². The molecule has 0 N–H and O–H groups in total. The number of ether oxygens (including phenoxy) is 2. The minimum Gasteiger partial charge on any atom is -0.465 e. The van der Waals surface area contributed by atoms with E-state index < -0.39 is 5.97 Å². The van der Waals surface area contributed by atoms with Crippen LogP contribution in [0.5, 0.6) is 5.75 Å². The van der Waals surface area contributed by atoms with Gasteiger partial charge in [0.1, 0.15) is 5.75 Å². The monoisotopic (exact) mass is 358 g/mol. The third-order valence-electron chi connectivity index (χ3n) is 6.33. The molecule has 0 atom stereocenters. The summed E-state index contributed by atoms with van der Waals surface area (Å²) in [5, 5.41) is 0. The van der Waals surface area contributed by atoms with Crippen molar-refractivity contribution in [2.45, 2.75) is 58.3 Å². The Balaban J connectivity index is 1.47. The van der Waals surface area contributed by atoms with E-state index in [1.54, 1.807) is 24.3 Å². The molecule has 3 rings (SSSR count). The van der Waals surface area contributed by atoms with E-state index in [9.17, 15) is 9.59 Å². The first-order valence-corrected chi connectivity index (χ1v) is 9.97. The number of hydrogen-bond donors (Lipinski definition) is 0. The Hall–Kier alpha value is -1.84. The Morgan fingerprint density at radius 3 is 1.92 bits per heavy atom. The van der Waals surface area contributed by atoms with Gasteiger partial charge in [0.15, 0.2) is 0 Å². The molecular weight excluding hydrogens is 328 g/mol. The molecule has 0 saturated heterocycles. The number of methoxy groups -OCH3 is 1. The zero-order valence-corrected chi connectivity index (χ0v) is 15.9. The molecule has 0 radical (unpaired) electrons. The van der Waals surface area contributed by atoms with Crippen LogP contribution in [0.3, 0.4) is 0 Å². The SMILES string of the molecule is COC(=O)c1ccc(OC(=O)C2CCC(C3CCC(C)CC3)CC2)cc1. The zero-order chi connectivity index (χ0) is 18.5. The topological polar surface area (TPSA) is 52.6 Å². The lowest BCUT2D eigenvalue weighted by molar-refractivity contribution is -0.140. The average Bonchev–Trinajstić information content (AvgIpc) is 2.68. The van der Waals surface area contributed by atoms with E-state index in [2.05, 4.69) is 11.7 Å². The van der Waals surface area contributed by atoms with Gasteiger partial charge in [-0.3, -0.25) is 4.79 Å². The fourth-order valence-corrected chi connectivity index (χ4v) is 4.56. The van der Waals surface area contributed by atoms with Gasteiger partial charge in [0.2, 0.25) is 0 Å². The van der Waals surface area contributed by atoms with Gasteiger partial charge in [0, 0.05) is 0 Å². The van der Waals surface area contributed by atoms with Gasteiger partial charge in [-0.25, -0.2) is 4.79 Å². The van der Waals surface area contributed by atoms with Gasteiger partial charge in [-0.1, -0.05) is 19.8 Å². The van der Waals surface area contributed by atoms with Crippen molar-refractivity contribution in [1.29, 1.82) is 0 Å². The van der Waals surface area contributed by atoms with Crippen molar-refractivity contribution in [2.24, 2.45) is 23.7 Å². The smallest absolute Gasteiger partial charge is 0.337 e. The number of benzene rings is 1. The quantitative estimate of drug-likeness (QED) is 0.561. The predicted molar refractivity (Wildman–Crippen MR) is 100.0 cm³/mol. The first-order valence-electron chi connectivity index (χ1n) is 9.97. The van der Waals surface area contributed by atoms with Crippen molar-refractivity contribution in [3.8, 4) is 5.75 Å². The highest BCUT2D eigenvalue weighted by Crippen LogP contribution is 2.41. The molecule has 2 saturated carbocycles. The minimum atomic E-state index is -0.390. The third-order valence-corrected chi connectivity index (χ3v) is 6.33. The van der Waals surface area contributed by atoms with Crippen LogP contribution in [0, 0.1) is 23.7 Å². The van der Waals surface area contributed by atoms with Gasteiger partial charge in [-0.05, 0) is 80.5 Å². The lowest BCUT2D eigenvalue weighted by Crippen LogP contribution is -2.29. The minimum absolute atomic E-state index is 0.00838. The van der Waals surface area contributed by atoms with Crippen LogP contribution in [-0.2, 0) is 9.53 Å². The summed E-state index contributed by atoms with van der Waals surface area (Å²) in [6.07, 6.45) is 9.66. The number of esters is 2. The maximum atomic E-state index is 12.5. The molecule has 2 aliphatic carbocycles. The first-order chi connectivity index (χ1) is 12.6. The van der Waals surface area contributed by atoms with Crippen molar-refractivity contribution < 1.29 is 19.1 Å². The van der Waals surface area contributed by atoms with Crippen molar-refractivity contribution in [3.05, 3.63) is 29.8 Å². The maximum Gasteiger partial charge on any atom is 0.337 e. The Bertz CT molecular complexity index is 606. The average molecular weight is 358 g/mol. The third kappa shape index (κ3) is 4.66. The van der Waals surface area contributed by atoms with Crippen LogP contribution in [0.25, 0.3) is 0 Å². The van der Waals surface area contributed by atoms with E-state index in [0.717, 1.165) is 43.4 Å². The van der Waals surface area contributed by atoms with E-state index in [-0.39, 0.29) is 11.9 Å². The van der Waals surface area contributed by atoms with Crippen molar-refractivity contribution in [2.75, 3.05) is 7.11 Å². The first kappa shape index (κ1) is 18.9. The Morgan fingerprint density at radius 1 is 0.846 bits per heavy atom. The summed E-state index contributed by atoms with van der Waals surface area (Å²) in [4.78, 5) is 23.9. The molecule has 0 spiro atoms. The van der Waals surface area contributed by atoms with Gasteiger partial charge >= 0.3 is 11.9 Å². The van der Waals surface area contributed by atoms with Crippen LogP contribution in [0.2, 0.25) is 0 Å². The predicted octanol–water partition coefficient (Wildman–Crippen LogP) is 5.01. The normalized spacial score (nSPS) is 29.0. The molecule has 0 aliphatic heterocycles. The summed E-state index contributed by atoms with van der Waals surface area (Å²) in [7, 11) is 1.35. The number of rotatable bonds is 4. The van der Waals surface area contributed by atoms with Crippen LogP contribution in [0.15, 0.2) is 24.3 Å². The standard InChI is InChI=1S/C22H30O4/c1-15-3-5-16(6-4-15)17-7-9-19(10-8-17)22(24)26-20-13-11-18(12-14-20)21(23)25-2/h11-17,19H,3-10H2,1-2H3. The van der Waals surface area contributed by atoms with Crippen molar-refractivity contribution >= 4 is 11.9 Å². The highest BCUT2D eigenvalue weighted by Gasteiger charge is 2.33. The second-order valence-electron chi connectivity index (χ2n) is 8.07. The summed E-state index contributed by atoms with van der Waals surface area (Å²) < 4.78 is 10.2. The van der Waals surface area contributed by atoms with Crippen LogP contribution in [-0.4, -0.2) is 19.0 Å². The molecule has 2 aliphatic rings. The highest BCUT2D eigenvalue weighted by atomic mass is 16.5. The van der Waals surface area contributed by atoms with E-state index in [1.807, 2.05) is 0 Å². The largest absolute Gasteiger partial charge is 0.465 e. The number of carbonyl (C=O) groups is 2. The molecular formula is C22H30O4. The molecule has 0 amide bonds. The zero-order valence-electron chi connectivity index (χ0n) is 15.9. The fraction of sp³-hybridized carbons (Fsp3) is 0.636. The summed E-state index contributed by atoms with van der Waals surface area (Å²) in [5.41, 5.74) is 0.453. The Kier molecular flexibility index (Phi) is 6.33. The van der Waals surface area contributed by atoms with E-state index in [4.69, 9.17) is 4.74 Å². The van der Waals surface area contributed by atoms with Gasteiger partial charge in [0.05, 0.1) is 18.6 Å². The molecule has 4 heteroatoms. The van der Waals surface area contributed by atoms with Crippen LogP contribution in [0.1, 0.15) is 68.6 Å². The van der Waals surface area contributed by atoms with Gasteiger partial charge in [0.25, 0.3) is 0 Å². The van der Waals surface area contributed by atoms with Crippen molar-refractivity contribution in [1.82, 2.24) is 0 Å². The molecule has 1 aromatic carbocycles. The highest BCUT2D eigenvalue weighted by molar-refractivity contribution is 5.89. The van der Waals surface area contributed by atoms with Crippen LogP contribution in [0.4, 0.5) is 0 Å². The fourth-order valence-electron chi connectivity index (χ4n) is 4.56. The summed E-state index contributed by atoms with van der Waals surface area (Å²) in [5.74, 6) is 2.54. The molecule has 0 unspecified atom stereocenters. The molecule has 1 aromatic rings. The number of carbonyl (C=O) groups excluding carboxylic acids is 2. The molecule has 0 heterocycles. The van der Waals surface area contributed by atoms with E-state index in [1.165, 1.54) is 32.8 Å². The van der Waals surface area contributed by atoms with Gasteiger partial charge in [-0.15, -0.1) is 0 Å². The second-order valence-corrected chi connectivity index (χ2v) is 8.07. The lowest BCUT2D eigenvalue weighted by atomic mass is 9.69. The Labute approximate surface area is 156 Å². The van der Waals surface area contributed by atoms with E-state index >= 15 is 0 Å². The van der Waals surface area contributed by atoms with Gasteiger partial charge in [-0.2, -0.15) is 0 Å².